The van der Waals surface area contributed by atoms with E-state index in [1.807, 2.05) is 22.4 Å². The van der Waals surface area contributed by atoms with Crippen LogP contribution in [-0.2, 0) is 16.8 Å². The Labute approximate surface area is 150 Å². The maximum Gasteiger partial charge on any atom is 0.249 e. The third-order valence-corrected chi connectivity index (χ3v) is 5.77. The lowest BCUT2D eigenvalue weighted by atomic mass is 9.77. The second-order valence-electron chi connectivity index (χ2n) is 6.47. The van der Waals surface area contributed by atoms with Crippen LogP contribution in [0.1, 0.15) is 54.7 Å². The molecule has 2 aromatic rings. The Balaban J connectivity index is 0.00000169. The van der Waals surface area contributed by atoms with E-state index in [0.29, 0.717) is 18.1 Å². The van der Waals surface area contributed by atoms with Crippen LogP contribution in [-0.4, -0.2) is 27.5 Å². The Morgan fingerprint density at radius 1 is 1.46 bits per heavy atom. The van der Waals surface area contributed by atoms with Gasteiger partial charge in [0.2, 0.25) is 11.8 Å². The lowest BCUT2D eigenvalue weighted by Crippen LogP contribution is -2.44. The molecular weight excluding hydrogens is 348 g/mol. The summed E-state index contributed by atoms with van der Waals surface area (Å²) in [6.07, 6.45) is 5.18. The Morgan fingerprint density at radius 2 is 2.29 bits per heavy atom. The molecule has 24 heavy (non-hydrogen) atoms. The van der Waals surface area contributed by atoms with Crippen LogP contribution in [0.2, 0.25) is 0 Å². The van der Waals surface area contributed by atoms with E-state index in [2.05, 4.69) is 10.1 Å². The van der Waals surface area contributed by atoms with Gasteiger partial charge in [0.15, 0.2) is 5.82 Å². The second-order valence-corrected chi connectivity index (χ2v) is 7.50. The van der Waals surface area contributed by atoms with Crippen molar-refractivity contribution in [2.45, 2.75) is 50.1 Å². The van der Waals surface area contributed by atoms with Crippen LogP contribution < -0.4 is 5.73 Å². The molecule has 0 radical (unpaired) electrons. The molecule has 1 atom stereocenters. The molecule has 1 aliphatic carbocycles. The Morgan fingerprint density at radius 3 is 2.96 bits per heavy atom. The zero-order chi connectivity index (χ0) is 15.9. The van der Waals surface area contributed by atoms with Gasteiger partial charge < -0.3 is 15.2 Å². The first-order valence-corrected chi connectivity index (χ1v) is 8.98. The van der Waals surface area contributed by atoms with Crippen LogP contribution in [0.3, 0.4) is 0 Å². The minimum Gasteiger partial charge on any atom is -0.337 e. The molecule has 130 valence electrons. The van der Waals surface area contributed by atoms with Gasteiger partial charge in [-0.25, -0.2) is 0 Å². The topological polar surface area (TPSA) is 85.2 Å². The molecule has 2 fully saturated rings. The van der Waals surface area contributed by atoms with Crippen molar-refractivity contribution in [1.82, 2.24) is 15.0 Å². The van der Waals surface area contributed by atoms with E-state index in [0.717, 1.165) is 43.5 Å². The molecule has 1 unspecified atom stereocenters. The van der Waals surface area contributed by atoms with Gasteiger partial charge in [0.1, 0.15) is 6.04 Å². The number of aromatic nitrogens is 2. The fraction of sp³-hybridized carbons (Fsp3) is 0.562. The van der Waals surface area contributed by atoms with Gasteiger partial charge in [0, 0.05) is 11.4 Å². The molecule has 1 amide bonds. The summed E-state index contributed by atoms with van der Waals surface area (Å²) in [6.45, 7) is 0.750. The van der Waals surface area contributed by atoms with Gasteiger partial charge >= 0.3 is 0 Å². The molecule has 1 aliphatic heterocycles. The number of rotatable bonds is 4. The van der Waals surface area contributed by atoms with Crippen molar-refractivity contribution in [3.63, 3.8) is 0 Å². The SMILES string of the molecule is Cl.NC1(c2noc(C3CCCN3C(=O)Cc3cccs3)n2)CCC1. The maximum atomic E-state index is 12.6. The summed E-state index contributed by atoms with van der Waals surface area (Å²) < 4.78 is 5.45. The van der Waals surface area contributed by atoms with E-state index in [-0.39, 0.29) is 24.4 Å². The average molecular weight is 369 g/mol. The monoisotopic (exact) mass is 368 g/mol. The van der Waals surface area contributed by atoms with Gasteiger partial charge in [-0.05, 0) is 43.6 Å². The van der Waals surface area contributed by atoms with Crippen molar-refractivity contribution >= 4 is 29.7 Å². The van der Waals surface area contributed by atoms with Gasteiger partial charge in [0.05, 0.1) is 12.0 Å². The lowest BCUT2D eigenvalue weighted by Gasteiger charge is -2.34. The first-order chi connectivity index (χ1) is 11.2. The summed E-state index contributed by atoms with van der Waals surface area (Å²) in [5, 5.41) is 6.07. The van der Waals surface area contributed by atoms with Crippen LogP contribution >= 0.6 is 23.7 Å². The van der Waals surface area contributed by atoms with Crippen LogP contribution in [0, 0.1) is 0 Å². The Kier molecular flexibility index (Phi) is 4.94. The normalized spacial score (nSPS) is 22.0. The predicted octanol–water partition coefficient (Wildman–Crippen LogP) is 2.80. The van der Waals surface area contributed by atoms with Crippen molar-refractivity contribution in [2.75, 3.05) is 6.54 Å². The summed E-state index contributed by atoms with van der Waals surface area (Å²) in [4.78, 5) is 20.1. The fourth-order valence-electron chi connectivity index (χ4n) is 3.34. The number of likely N-dealkylation sites (tertiary alicyclic amines) is 1. The third-order valence-electron chi connectivity index (χ3n) is 4.90. The van der Waals surface area contributed by atoms with Crippen molar-refractivity contribution in [3.8, 4) is 0 Å². The standard InChI is InChI=1S/C16H20N4O2S.ClH/c17-16(6-3-7-16)15-18-14(22-19-15)12-5-1-8-20(12)13(21)10-11-4-2-9-23-11;/h2,4,9,12H,1,3,5-8,10,17H2;1H. The molecule has 1 saturated heterocycles. The molecular formula is C16H21ClN4O2S. The van der Waals surface area contributed by atoms with E-state index in [1.54, 1.807) is 11.3 Å². The maximum absolute atomic E-state index is 12.6. The number of carbonyl (C=O) groups excluding carboxylic acids is 1. The molecule has 0 aromatic carbocycles. The minimum atomic E-state index is -0.424. The quantitative estimate of drug-likeness (QED) is 0.896. The number of hydrogen-bond donors (Lipinski definition) is 1. The number of carbonyl (C=O) groups is 1. The van der Waals surface area contributed by atoms with Crippen molar-refractivity contribution < 1.29 is 9.32 Å². The van der Waals surface area contributed by atoms with E-state index < -0.39 is 5.54 Å². The van der Waals surface area contributed by atoms with Crippen LogP contribution in [0.25, 0.3) is 0 Å². The molecule has 3 heterocycles. The highest BCUT2D eigenvalue weighted by molar-refractivity contribution is 7.10. The molecule has 2 N–H and O–H groups in total. The van der Waals surface area contributed by atoms with Gasteiger partial charge in [-0.1, -0.05) is 11.2 Å². The number of nitrogens with zero attached hydrogens (tertiary/aromatic N) is 3. The van der Waals surface area contributed by atoms with E-state index >= 15 is 0 Å². The fourth-order valence-corrected chi connectivity index (χ4v) is 4.04. The minimum absolute atomic E-state index is 0. The third kappa shape index (κ3) is 3.08. The number of thiophene rings is 1. The molecule has 1 saturated carbocycles. The van der Waals surface area contributed by atoms with Gasteiger partial charge in [-0.3, -0.25) is 4.79 Å². The highest BCUT2D eigenvalue weighted by atomic mass is 35.5. The van der Waals surface area contributed by atoms with Crippen molar-refractivity contribution in [1.29, 1.82) is 0 Å². The first kappa shape index (κ1) is 17.4. The van der Waals surface area contributed by atoms with Crippen molar-refractivity contribution in [2.24, 2.45) is 5.73 Å². The van der Waals surface area contributed by atoms with Gasteiger partial charge in [-0.15, -0.1) is 23.7 Å². The summed E-state index contributed by atoms with van der Waals surface area (Å²) in [7, 11) is 0. The summed E-state index contributed by atoms with van der Waals surface area (Å²) in [5.41, 5.74) is 5.83. The van der Waals surface area contributed by atoms with Crippen LogP contribution in [0.5, 0.6) is 0 Å². The highest BCUT2D eigenvalue weighted by Crippen LogP contribution is 2.38. The summed E-state index contributed by atoms with van der Waals surface area (Å²) >= 11 is 1.61. The van der Waals surface area contributed by atoms with E-state index in [1.165, 1.54) is 0 Å². The summed E-state index contributed by atoms with van der Waals surface area (Å²) in [5.74, 6) is 1.26. The average Bonchev–Trinajstić information content (AvgIpc) is 3.24. The van der Waals surface area contributed by atoms with Gasteiger partial charge in [0.25, 0.3) is 0 Å². The molecule has 2 aliphatic rings. The Hall–Kier alpha value is -1.44. The van der Waals surface area contributed by atoms with Gasteiger partial charge in [-0.2, -0.15) is 4.98 Å². The molecule has 0 bridgehead atoms. The zero-order valence-corrected chi connectivity index (χ0v) is 14.9. The largest absolute Gasteiger partial charge is 0.337 e. The Bertz CT molecular complexity index is 699. The molecule has 2 aromatic heterocycles. The number of hydrogen-bond acceptors (Lipinski definition) is 6. The van der Waals surface area contributed by atoms with E-state index in [9.17, 15) is 4.79 Å². The number of amides is 1. The molecule has 8 heteroatoms. The number of nitrogens with two attached hydrogens (primary N) is 1. The predicted molar refractivity (Wildman–Crippen MR) is 93.0 cm³/mol. The second kappa shape index (κ2) is 6.82. The van der Waals surface area contributed by atoms with Crippen LogP contribution in [0.15, 0.2) is 22.0 Å². The zero-order valence-electron chi connectivity index (χ0n) is 13.3. The number of halogens is 1. The smallest absolute Gasteiger partial charge is 0.249 e. The first-order valence-electron chi connectivity index (χ1n) is 8.10. The van der Waals surface area contributed by atoms with Crippen LogP contribution in [0.4, 0.5) is 0 Å². The summed E-state index contributed by atoms with van der Waals surface area (Å²) in [6, 6.07) is 3.86. The molecule has 6 nitrogen and oxygen atoms in total. The lowest BCUT2D eigenvalue weighted by molar-refractivity contribution is -0.131. The van der Waals surface area contributed by atoms with E-state index in [4.69, 9.17) is 10.3 Å². The van der Waals surface area contributed by atoms with Crippen molar-refractivity contribution in [3.05, 3.63) is 34.1 Å². The highest BCUT2D eigenvalue weighted by Gasteiger charge is 2.41. The molecule has 4 rings (SSSR count). The molecule has 0 spiro atoms.